The highest BCUT2D eigenvalue weighted by Crippen LogP contribution is 2.35. The van der Waals surface area contributed by atoms with Crippen LogP contribution in [0.5, 0.6) is 11.5 Å². The monoisotopic (exact) mass is 467 g/mol. The first-order valence-corrected chi connectivity index (χ1v) is 11.4. The highest BCUT2D eigenvalue weighted by Gasteiger charge is 2.39. The zero-order valence-electron chi connectivity index (χ0n) is 18.7. The highest BCUT2D eigenvalue weighted by molar-refractivity contribution is 6.36. The van der Waals surface area contributed by atoms with E-state index in [-0.39, 0.29) is 11.3 Å². The quantitative estimate of drug-likeness (QED) is 0.627. The SMILES string of the molecule is O=C1C(Nc2ccc3c(c2)OCCO3)=C(c2ccc(F)cc2)C(=O)N1CCCN1CCOCC1. The molecule has 2 amide bonds. The maximum absolute atomic E-state index is 13.5. The lowest BCUT2D eigenvalue weighted by Gasteiger charge is -2.27. The molecule has 0 unspecified atom stereocenters. The van der Waals surface area contributed by atoms with Gasteiger partial charge in [-0.15, -0.1) is 0 Å². The lowest BCUT2D eigenvalue weighted by atomic mass is 10.0. The Bertz CT molecular complexity index is 1110. The number of imide groups is 1. The van der Waals surface area contributed by atoms with Gasteiger partial charge in [-0.25, -0.2) is 4.39 Å². The fourth-order valence-corrected chi connectivity index (χ4v) is 4.32. The van der Waals surface area contributed by atoms with Crippen molar-refractivity contribution in [3.8, 4) is 11.5 Å². The van der Waals surface area contributed by atoms with E-state index in [4.69, 9.17) is 14.2 Å². The van der Waals surface area contributed by atoms with E-state index >= 15 is 0 Å². The van der Waals surface area contributed by atoms with E-state index in [1.807, 2.05) is 0 Å². The number of fused-ring (bicyclic) bond motifs is 1. The number of rotatable bonds is 7. The van der Waals surface area contributed by atoms with Gasteiger partial charge in [0.1, 0.15) is 24.7 Å². The van der Waals surface area contributed by atoms with Crippen LogP contribution in [0, 0.1) is 5.82 Å². The van der Waals surface area contributed by atoms with Crippen LogP contribution < -0.4 is 14.8 Å². The summed E-state index contributed by atoms with van der Waals surface area (Å²) < 4.78 is 30.1. The summed E-state index contributed by atoms with van der Waals surface area (Å²) in [6, 6.07) is 10.9. The summed E-state index contributed by atoms with van der Waals surface area (Å²) in [4.78, 5) is 30.2. The number of ether oxygens (including phenoxy) is 3. The summed E-state index contributed by atoms with van der Waals surface area (Å²) in [6.45, 7) is 5.07. The molecule has 1 N–H and O–H groups in total. The molecule has 1 saturated heterocycles. The molecule has 0 bridgehead atoms. The van der Waals surface area contributed by atoms with Crippen LogP contribution in [0.2, 0.25) is 0 Å². The van der Waals surface area contributed by atoms with E-state index in [0.717, 1.165) is 19.6 Å². The van der Waals surface area contributed by atoms with Crippen LogP contribution in [0.15, 0.2) is 48.2 Å². The van der Waals surface area contributed by atoms with Gasteiger partial charge in [-0.3, -0.25) is 19.4 Å². The largest absolute Gasteiger partial charge is 0.486 e. The average molecular weight is 467 g/mol. The van der Waals surface area contributed by atoms with Crippen molar-refractivity contribution in [3.05, 3.63) is 59.5 Å². The van der Waals surface area contributed by atoms with Crippen molar-refractivity contribution in [2.75, 3.05) is 57.9 Å². The van der Waals surface area contributed by atoms with Gasteiger partial charge in [0.25, 0.3) is 11.8 Å². The Labute approximate surface area is 196 Å². The summed E-state index contributed by atoms with van der Waals surface area (Å²) in [6.07, 6.45) is 0.658. The number of carbonyl (C=O) groups is 2. The maximum Gasteiger partial charge on any atom is 0.278 e. The molecule has 2 aromatic carbocycles. The third kappa shape index (κ3) is 4.62. The molecule has 3 aliphatic rings. The van der Waals surface area contributed by atoms with Crippen molar-refractivity contribution >= 4 is 23.1 Å². The van der Waals surface area contributed by atoms with E-state index < -0.39 is 17.6 Å². The molecule has 3 aliphatic heterocycles. The second-order valence-corrected chi connectivity index (χ2v) is 8.31. The van der Waals surface area contributed by atoms with Crippen LogP contribution in [-0.4, -0.2) is 74.2 Å². The van der Waals surface area contributed by atoms with Crippen LogP contribution in [0.3, 0.4) is 0 Å². The fraction of sp³-hybridized carbons (Fsp3) is 0.360. The summed E-state index contributed by atoms with van der Waals surface area (Å²) in [7, 11) is 0. The van der Waals surface area contributed by atoms with Crippen molar-refractivity contribution in [1.82, 2.24) is 9.80 Å². The van der Waals surface area contributed by atoms with Gasteiger partial charge < -0.3 is 19.5 Å². The Morgan fingerprint density at radius 2 is 1.59 bits per heavy atom. The molecule has 0 aliphatic carbocycles. The number of hydrogen-bond acceptors (Lipinski definition) is 7. The van der Waals surface area contributed by atoms with Crippen LogP contribution in [0.25, 0.3) is 5.57 Å². The maximum atomic E-state index is 13.5. The van der Waals surface area contributed by atoms with Crippen molar-refractivity contribution in [3.63, 3.8) is 0 Å². The number of carbonyl (C=O) groups excluding carboxylic acids is 2. The van der Waals surface area contributed by atoms with Crippen molar-refractivity contribution in [2.45, 2.75) is 6.42 Å². The van der Waals surface area contributed by atoms with Crippen molar-refractivity contribution < 1.29 is 28.2 Å². The molecule has 34 heavy (non-hydrogen) atoms. The molecule has 3 heterocycles. The second-order valence-electron chi connectivity index (χ2n) is 8.31. The van der Waals surface area contributed by atoms with Gasteiger partial charge in [0, 0.05) is 37.9 Å². The standard InChI is InChI=1S/C25H26FN3O5/c26-18-4-2-17(3-5-18)22-23(27-19-6-7-20-21(16-19)34-15-14-33-20)25(31)29(24(22)30)9-1-8-28-10-12-32-13-11-28/h2-7,16,27H,1,8-15H2. The number of anilines is 1. The zero-order valence-corrected chi connectivity index (χ0v) is 18.7. The van der Waals surface area contributed by atoms with Gasteiger partial charge in [0.05, 0.1) is 18.8 Å². The van der Waals surface area contributed by atoms with Gasteiger partial charge in [-0.05, 0) is 36.2 Å². The number of amides is 2. The number of morpholine rings is 1. The predicted octanol–water partition coefficient (Wildman–Crippen LogP) is 2.51. The molecule has 0 aromatic heterocycles. The fourth-order valence-electron chi connectivity index (χ4n) is 4.32. The van der Waals surface area contributed by atoms with Crippen LogP contribution in [-0.2, 0) is 14.3 Å². The molecule has 9 heteroatoms. The minimum absolute atomic E-state index is 0.166. The third-order valence-electron chi connectivity index (χ3n) is 6.07. The summed E-state index contributed by atoms with van der Waals surface area (Å²) in [5.41, 5.74) is 1.47. The second kappa shape index (κ2) is 9.82. The van der Waals surface area contributed by atoms with Crippen molar-refractivity contribution in [2.24, 2.45) is 0 Å². The van der Waals surface area contributed by atoms with Gasteiger partial charge in [-0.2, -0.15) is 0 Å². The highest BCUT2D eigenvalue weighted by atomic mass is 19.1. The molecular weight excluding hydrogens is 441 g/mol. The topological polar surface area (TPSA) is 80.3 Å². The van der Waals surface area contributed by atoms with E-state index in [0.29, 0.717) is 62.1 Å². The van der Waals surface area contributed by atoms with Crippen molar-refractivity contribution in [1.29, 1.82) is 0 Å². The first-order valence-electron chi connectivity index (χ1n) is 11.4. The Morgan fingerprint density at radius 1 is 0.853 bits per heavy atom. The van der Waals surface area contributed by atoms with E-state index in [9.17, 15) is 14.0 Å². The van der Waals surface area contributed by atoms with E-state index in [2.05, 4.69) is 10.2 Å². The van der Waals surface area contributed by atoms with E-state index in [1.165, 1.54) is 29.2 Å². The molecule has 1 fully saturated rings. The van der Waals surface area contributed by atoms with Gasteiger partial charge in [0.15, 0.2) is 11.5 Å². The Morgan fingerprint density at radius 3 is 2.35 bits per heavy atom. The van der Waals surface area contributed by atoms with E-state index in [1.54, 1.807) is 18.2 Å². The molecule has 178 valence electrons. The third-order valence-corrected chi connectivity index (χ3v) is 6.07. The molecule has 5 rings (SSSR count). The van der Waals surface area contributed by atoms with Crippen LogP contribution in [0.1, 0.15) is 12.0 Å². The number of hydrogen-bond donors (Lipinski definition) is 1. The number of nitrogens with zero attached hydrogens (tertiary/aromatic N) is 2. The van der Waals surface area contributed by atoms with Gasteiger partial charge in [-0.1, -0.05) is 12.1 Å². The van der Waals surface area contributed by atoms with Crippen LogP contribution in [0.4, 0.5) is 10.1 Å². The molecule has 0 spiro atoms. The number of halogens is 1. The Kier molecular flexibility index (Phi) is 6.46. The smallest absolute Gasteiger partial charge is 0.278 e. The zero-order chi connectivity index (χ0) is 23.5. The Hall–Kier alpha value is -3.43. The molecule has 8 nitrogen and oxygen atoms in total. The van der Waals surface area contributed by atoms with Crippen LogP contribution >= 0.6 is 0 Å². The summed E-state index contributed by atoms with van der Waals surface area (Å²) >= 11 is 0. The summed E-state index contributed by atoms with van der Waals surface area (Å²) in [5.74, 6) is -0.00733. The number of nitrogens with one attached hydrogen (secondary N) is 1. The normalized spacial score (nSPS) is 18.6. The minimum Gasteiger partial charge on any atom is -0.486 e. The molecule has 0 saturated carbocycles. The van der Waals surface area contributed by atoms with Gasteiger partial charge >= 0.3 is 0 Å². The summed E-state index contributed by atoms with van der Waals surface area (Å²) in [5, 5.41) is 3.12. The molecule has 2 aromatic rings. The average Bonchev–Trinajstić information content (AvgIpc) is 3.09. The lowest BCUT2D eigenvalue weighted by molar-refractivity contribution is -0.136. The molecule has 0 radical (unpaired) electrons. The Balaban J connectivity index is 1.38. The predicted molar refractivity (Wildman–Crippen MR) is 123 cm³/mol. The first-order chi connectivity index (χ1) is 16.6. The first kappa shape index (κ1) is 22.4. The van der Waals surface area contributed by atoms with Gasteiger partial charge in [0.2, 0.25) is 0 Å². The number of benzene rings is 2. The molecular formula is C25H26FN3O5. The molecule has 0 atom stereocenters. The minimum atomic E-state index is -0.412. The lowest BCUT2D eigenvalue weighted by Crippen LogP contribution is -2.39.